The van der Waals surface area contributed by atoms with Crippen LogP contribution in [0.5, 0.6) is 5.75 Å². The van der Waals surface area contributed by atoms with Gasteiger partial charge in [0.05, 0.1) is 13.5 Å². The Morgan fingerprint density at radius 3 is 2.94 bits per heavy atom. The Hall–Kier alpha value is -1.07. The molecule has 0 aliphatic carbocycles. The van der Waals surface area contributed by atoms with Crippen molar-refractivity contribution in [2.24, 2.45) is 0 Å². The van der Waals surface area contributed by atoms with Gasteiger partial charge in [0.25, 0.3) is 0 Å². The molecular weight excluding hydrogens is 286 g/mol. The smallest absolute Gasteiger partial charge is 0.224 e. The molecule has 1 rings (SSSR count). The lowest BCUT2D eigenvalue weighted by atomic mass is 10.1. The van der Waals surface area contributed by atoms with Crippen molar-refractivity contribution in [1.82, 2.24) is 5.32 Å². The first kappa shape index (κ1) is 14.0. The zero-order chi connectivity index (χ0) is 12.7. The Labute approximate surface area is 109 Å². The SMILES string of the molecule is COc1ccc(Br)cc1CC(=O)NCCCO. The number of halogens is 1. The molecule has 0 radical (unpaired) electrons. The molecule has 5 heteroatoms. The summed E-state index contributed by atoms with van der Waals surface area (Å²) in [4.78, 5) is 11.6. The maximum Gasteiger partial charge on any atom is 0.224 e. The van der Waals surface area contributed by atoms with Crippen molar-refractivity contribution in [1.29, 1.82) is 0 Å². The van der Waals surface area contributed by atoms with E-state index in [9.17, 15) is 4.79 Å². The van der Waals surface area contributed by atoms with Crippen molar-refractivity contribution in [3.63, 3.8) is 0 Å². The van der Waals surface area contributed by atoms with Crippen LogP contribution >= 0.6 is 15.9 Å². The second kappa shape index (κ2) is 7.29. The first-order valence-corrected chi connectivity index (χ1v) is 6.16. The molecule has 0 unspecified atom stereocenters. The summed E-state index contributed by atoms with van der Waals surface area (Å²) in [5, 5.41) is 11.3. The van der Waals surface area contributed by atoms with Gasteiger partial charge in [-0.25, -0.2) is 0 Å². The topological polar surface area (TPSA) is 58.6 Å². The van der Waals surface area contributed by atoms with E-state index in [-0.39, 0.29) is 18.9 Å². The van der Waals surface area contributed by atoms with Gasteiger partial charge in [0.15, 0.2) is 0 Å². The minimum Gasteiger partial charge on any atom is -0.496 e. The van der Waals surface area contributed by atoms with Crippen molar-refractivity contribution in [3.8, 4) is 5.75 Å². The zero-order valence-electron chi connectivity index (χ0n) is 9.70. The van der Waals surface area contributed by atoms with Gasteiger partial charge in [-0.3, -0.25) is 4.79 Å². The molecule has 1 aromatic rings. The summed E-state index contributed by atoms with van der Waals surface area (Å²) in [5.74, 6) is 0.625. The van der Waals surface area contributed by atoms with Gasteiger partial charge in [-0.1, -0.05) is 15.9 Å². The molecule has 0 saturated heterocycles. The summed E-state index contributed by atoms with van der Waals surface area (Å²) in [7, 11) is 1.58. The van der Waals surface area contributed by atoms with Crippen LogP contribution < -0.4 is 10.1 Å². The third kappa shape index (κ3) is 4.75. The number of ether oxygens (including phenoxy) is 1. The molecule has 0 atom stereocenters. The second-order valence-electron chi connectivity index (χ2n) is 3.56. The number of carbonyl (C=O) groups excluding carboxylic acids is 1. The Morgan fingerprint density at radius 2 is 2.29 bits per heavy atom. The second-order valence-corrected chi connectivity index (χ2v) is 4.48. The molecule has 0 saturated carbocycles. The molecule has 0 aliphatic rings. The first-order chi connectivity index (χ1) is 8.17. The van der Waals surface area contributed by atoms with Gasteiger partial charge in [0, 0.05) is 23.2 Å². The lowest BCUT2D eigenvalue weighted by Gasteiger charge is -2.09. The molecule has 0 fully saturated rings. The van der Waals surface area contributed by atoms with Gasteiger partial charge < -0.3 is 15.2 Å². The van der Waals surface area contributed by atoms with Crippen LogP contribution in [-0.4, -0.2) is 31.3 Å². The summed E-state index contributed by atoms with van der Waals surface area (Å²) in [6, 6.07) is 5.55. The first-order valence-electron chi connectivity index (χ1n) is 5.37. The van der Waals surface area contributed by atoms with E-state index in [4.69, 9.17) is 9.84 Å². The number of amides is 1. The highest BCUT2D eigenvalue weighted by Gasteiger charge is 2.08. The van der Waals surface area contributed by atoms with Crippen LogP contribution in [0.4, 0.5) is 0 Å². The summed E-state index contributed by atoms with van der Waals surface area (Å²) in [5.41, 5.74) is 0.836. The third-order valence-corrected chi connectivity index (χ3v) is 2.74. The lowest BCUT2D eigenvalue weighted by molar-refractivity contribution is -0.120. The van der Waals surface area contributed by atoms with E-state index in [1.165, 1.54) is 0 Å². The summed E-state index contributed by atoms with van der Waals surface area (Å²) in [6.07, 6.45) is 0.843. The fourth-order valence-electron chi connectivity index (χ4n) is 1.43. The van der Waals surface area contributed by atoms with Crippen LogP contribution in [0.2, 0.25) is 0 Å². The van der Waals surface area contributed by atoms with Crippen LogP contribution in [0.3, 0.4) is 0 Å². The van der Waals surface area contributed by atoms with E-state index in [2.05, 4.69) is 21.2 Å². The van der Waals surface area contributed by atoms with Crippen LogP contribution in [0, 0.1) is 0 Å². The average Bonchev–Trinajstić information content (AvgIpc) is 2.29. The molecule has 2 N–H and O–H groups in total. The quantitative estimate of drug-likeness (QED) is 0.783. The van der Waals surface area contributed by atoms with Gasteiger partial charge in [-0.05, 0) is 24.6 Å². The maximum atomic E-state index is 11.6. The highest BCUT2D eigenvalue weighted by molar-refractivity contribution is 9.10. The van der Waals surface area contributed by atoms with E-state index >= 15 is 0 Å². The summed E-state index contributed by atoms with van der Waals surface area (Å²) >= 11 is 3.36. The number of rotatable bonds is 6. The fraction of sp³-hybridized carbons (Fsp3) is 0.417. The van der Waals surface area contributed by atoms with E-state index < -0.39 is 0 Å². The number of benzene rings is 1. The Kier molecular flexibility index (Phi) is 6.00. The molecular formula is C12H16BrNO3. The average molecular weight is 302 g/mol. The van der Waals surface area contributed by atoms with E-state index in [0.29, 0.717) is 18.7 Å². The molecule has 0 spiro atoms. The van der Waals surface area contributed by atoms with Crippen LogP contribution in [0.15, 0.2) is 22.7 Å². The number of nitrogens with one attached hydrogen (secondary N) is 1. The van der Waals surface area contributed by atoms with Crippen LogP contribution in [-0.2, 0) is 11.2 Å². The zero-order valence-corrected chi connectivity index (χ0v) is 11.3. The van der Waals surface area contributed by atoms with Gasteiger partial charge in [-0.15, -0.1) is 0 Å². The minimum atomic E-state index is -0.0742. The number of hydrogen-bond acceptors (Lipinski definition) is 3. The number of hydrogen-bond donors (Lipinski definition) is 2. The van der Waals surface area contributed by atoms with Crippen LogP contribution in [0.25, 0.3) is 0 Å². The van der Waals surface area contributed by atoms with Crippen molar-refractivity contribution in [2.75, 3.05) is 20.3 Å². The molecule has 94 valence electrons. The highest BCUT2D eigenvalue weighted by Crippen LogP contribution is 2.23. The Morgan fingerprint density at radius 1 is 1.53 bits per heavy atom. The molecule has 0 heterocycles. The maximum absolute atomic E-state index is 11.6. The van der Waals surface area contributed by atoms with E-state index in [0.717, 1.165) is 10.0 Å². The standard InChI is InChI=1S/C12H16BrNO3/c1-17-11-4-3-10(13)7-9(11)8-12(16)14-5-2-6-15/h3-4,7,15H,2,5-6,8H2,1H3,(H,14,16). The van der Waals surface area contributed by atoms with Crippen molar-refractivity contribution < 1.29 is 14.6 Å². The van der Waals surface area contributed by atoms with E-state index in [1.54, 1.807) is 7.11 Å². The van der Waals surface area contributed by atoms with Crippen LogP contribution in [0.1, 0.15) is 12.0 Å². The fourth-order valence-corrected chi connectivity index (χ4v) is 1.84. The largest absolute Gasteiger partial charge is 0.496 e. The molecule has 1 aromatic carbocycles. The summed E-state index contributed by atoms with van der Waals surface area (Å²) < 4.78 is 6.10. The number of aliphatic hydroxyl groups is 1. The number of methoxy groups -OCH3 is 1. The third-order valence-electron chi connectivity index (χ3n) is 2.25. The molecule has 0 aromatic heterocycles. The van der Waals surface area contributed by atoms with Crippen molar-refractivity contribution in [2.45, 2.75) is 12.8 Å². The molecule has 0 aliphatic heterocycles. The normalized spacial score (nSPS) is 10.1. The van der Waals surface area contributed by atoms with Crippen molar-refractivity contribution in [3.05, 3.63) is 28.2 Å². The molecule has 1 amide bonds. The van der Waals surface area contributed by atoms with E-state index in [1.807, 2.05) is 18.2 Å². The molecule has 17 heavy (non-hydrogen) atoms. The lowest BCUT2D eigenvalue weighted by Crippen LogP contribution is -2.26. The molecule has 0 bridgehead atoms. The highest BCUT2D eigenvalue weighted by atomic mass is 79.9. The predicted octanol–water partition coefficient (Wildman–Crippen LogP) is 1.50. The van der Waals surface area contributed by atoms with Gasteiger partial charge in [0.1, 0.15) is 5.75 Å². The van der Waals surface area contributed by atoms with Crippen molar-refractivity contribution >= 4 is 21.8 Å². The Bertz CT molecular complexity index is 382. The summed E-state index contributed by atoms with van der Waals surface area (Å²) in [6.45, 7) is 0.576. The van der Waals surface area contributed by atoms with Gasteiger partial charge >= 0.3 is 0 Å². The van der Waals surface area contributed by atoms with Gasteiger partial charge in [-0.2, -0.15) is 0 Å². The molecule has 4 nitrogen and oxygen atoms in total. The predicted molar refractivity (Wildman–Crippen MR) is 69.1 cm³/mol. The Balaban J connectivity index is 2.60. The minimum absolute atomic E-state index is 0.0742. The number of carbonyl (C=O) groups is 1. The number of aliphatic hydroxyl groups excluding tert-OH is 1. The monoisotopic (exact) mass is 301 g/mol. The van der Waals surface area contributed by atoms with Gasteiger partial charge in [0.2, 0.25) is 5.91 Å².